The van der Waals surface area contributed by atoms with E-state index >= 15 is 0 Å². The molecule has 612 valence electrons. The summed E-state index contributed by atoms with van der Waals surface area (Å²) in [5.41, 5.74) is 31.3. The predicted octanol–water partition coefficient (Wildman–Crippen LogP) is -3.28. The molecule has 0 saturated heterocycles. The largest absolute Gasteiger partial charge is 0.506 e. The second-order valence-corrected chi connectivity index (χ2v) is 26.6. The van der Waals surface area contributed by atoms with Crippen molar-refractivity contribution < 1.29 is 72.8 Å². The fourth-order valence-electron chi connectivity index (χ4n) is 11.3. The number of azide groups is 1. The lowest BCUT2D eigenvalue weighted by Gasteiger charge is -2.28. The maximum atomic E-state index is 14.8. The molecule has 1 aliphatic rings. The Bertz CT molecular complexity index is 4450. The number of carboxylic acids is 1. The Labute approximate surface area is 652 Å². The number of aromatic hydroxyl groups is 1. The average Bonchev–Trinajstić information content (AvgIpc) is 1.63. The van der Waals surface area contributed by atoms with Crippen molar-refractivity contribution in [3.05, 3.63) is 182 Å². The number of carbonyl (C=O) groups is 11. The van der Waals surface area contributed by atoms with Crippen LogP contribution >= 0.6 is 0 Å². The number of phenols is 1. The summed E-state index contributed by atoms with van der Waals surface area (Å²) < 4.78 is 6.96. The number of hydrogen-bond acceptors (Lipinski definition) is 22. The number of imidazole rings is 1. The molecular formula is C73H98N24O17. The molecule has 0 bridgehead atoms. The number of rotatable bonds is 46. The van der Waals surface area contributed by atoms with Gasteiger partial charge in [0.05, 0.1) is 50.1 Å². The number of aromatic nitrogens is 5. The first kappa shape index (κ1) is 89.5. The highest BCUT2D eigenvalue weighted by molar-refractivity contribution is 5.99. The van der Waals surface area contributed by atoms with E-state index in [9.17, 15) is 77.6 Å². The number of ether oxygens (including phenoxy) is 1. The van der Waals surface area contributed by atoms with Gasteiger partial charge in [-0.2, -0.15) is 4.68 Å². The number of aliphatic hydroxyl groups excluding tert-OH is 1. The molecule has 0 radical (unpaired) electrons. The summed E-state index contributed by atoms with van der Waals surface area (Å²) in [4.78, 5) is 190. The number of nitrogens with one attached hydrogen (secondary N) is 14. The maximum Gasteiger partial charge on any atom is 0.356 e. The molecular weight excluding hydrogens is 1480 g/mol. The molecule has 2 aromatic heterocycles. The summed E-state index contributed by atoms with van der Waals surface area (Å²) in [5.74, 6) is -12.3. The molecule has 10 amide bonds. The average molecular weight is 1580 g/mol. The summed E-state index contributed by atoms with van der Waals surface area (Å²) in [6, 6.07) is 3.68. The second-order valence-electron chi connectivity index (χ2n) is 26.6. The first-order valence-electron chi connectivity index (χ1n) is 36.3. The molecule has 41 heteroatoms. The molecule has 1 aliphatic heterocycles. The Morgan fingerprint density at radius 1 is 0.711 bits per heavy atom. The Morgan fingerprint density at radius 3 is 1.91 bits per heavy atom. The Balaban J connectivity index is 1.19. The molecule has 0 aliphatic carbocycles. The number of primary amides is 1. The smallest absolute Gasteiger partial charge is 0.356 e. The zero-order valence-corrected chi connectivity index (χ0v) is 62.7. The van der Waals surface area contributed by atoms with Crippen molar-refractivity contribution in [2.75, 3.05) is 45.9 Å². The number of unbranched alkanes of at least 4 members (excludes halogenated alkanes) is 1. The van der Waals surface area contributed by atoms with Gasteiger partial charge in [0, 0.05) is 62.5 Å². The van der Waals surface area contributed by atoms with Crippen LogP contribution in [0.15, 0.2) is 148 Å². The van der Waals surface area contributed by atoms with Gasteiger partial charge in [0.25, 0.3) is 0 Å². The van der Waals surface area contributed by atoms with Gasteiger partial charge in [0.15, 0.2) is 5.96 Å². The molecule has 114 heavy (non-hydrogen) atoms. The molecule has 3 aromatic carbocycles. The van der Waals surface area contributed by atoms with E-state index in [2.05, 4.69) is 90.2 Å². The van der Waals surface area contributed by atoms with Crippen LogP contribution in [-0.2, 0) is 72.0 Å². The monoisotopic (exact) mass is 1580 g/mol. The third kappa shape index (κ3) is 28.8. The van der Waals surface area contributed by atoms with Crippen LogP contribution in [0.1, 0.15) is 82.0 Å². The van der Waals surface area contributed by atoms with Crippen LogP contribution in [0.25, 0.3) is 21.8 Å². The van der Waals surface area contributed by atoms with E-state index in [0.29, 0.717) is 35.4 Å². The van der Waals surface area contributed by atoms with Crippen molar-refractivity contribution in [3.63, 3.8) is 0 Å². The quantitative estimate of drug-likeness (QED) is 0.00454. The predicted molar refractivity (Wildman–Crippen MR) is 414 cm³/mol. The first-order valence-corrected chi connectivity index (χ1v) is 36.3. The third-order valence-corrected chi connectivity index (χ3v) is 17.6. The number of aromatic amines is 2. The fourth-order valence-corrected chi connectivity index (χ4v) is 11.3. The highest BCUT2D eigenvalue weighted by Gasteiger charge is 2.36. The SMILES string of the molecule is C=C1/C=C\C=C/CNC=C1CC(NC(=O)C(N)C(C)C)C(=O)NC(CO)C(=O)NC(CCC(N)=O)C(=O)NC(CCCCN)C(=O)NC(CCCNC(=N)N)C(=O)NC(Cc1c[nH]cn1)C(=O)NC(Cc1ccccc1)C(=O)NCC(=O)NC(Cc1ccc(O)c(-n2[nH]c(=O)n(-c3ccc(OCCN=[N+]=[N-])cc3)c2=O)c1)C(=O)O. The van der Waals surface area contributed by atoms with E-state index in [4.69, 9.17) is 38.6 Å². The van der Waals surface area contributed by atoms with E-state index in [-0.39, 0.29) is 99.7 Å². The minimum Gasteiger partial charge on any atom is -0.506 e. The molecule has 6 rings (SSSR count). The zero-order chi connectivity index (χ0) is 83.4. The highest BCUT2D eigenvalue weighted by atomic mass is 16.5. The fraction of sp³-hybridized carbons (Fsp3) is 0.411. The van der Waals surface area contributed by atoms with Gasteiger partial charge < -0.3 is 106 Å². The lowest BCUT2D eigenvalue weighted by Crippen LogP contribution is -2.61. The van der Waals surface area contributed by atoms with E-state index in [1.165, 1.54) is 48.9 Å². The number of hydrogen-bond donors (Lipinski definition) is 21. The number of allylic oxidation sites excluding steroid dienone is 4. The van der Waals surface area contributed by atoms with Gasteiger partial charge in [0.2, 0.25) is 59.1 Å². The lowest BCUT2D eigenvalue weighted by molar-refractivity contribution is -0.141. The maximum absolute atomic E-state index is 14.8. The van der Waals surface area contributed by atoms with Crippen LogP contribution < -0.4 is 97.5 Å². The molecule has 41 nitrogen and oxygen atoms in total. The van der Waals surface area contributed by atoms with Gasteiger partial charge in [-0.25, -0.2) is 29.0 Å². The number of H-pyrrole nitrogens is 2. The lowest BCUT2D eigenvalue weighted by atomic mass is 9.98. The number of amides is 10. The van der Waals surface area contributed by atoms with E-state index < -0.39 is 175 Å². The van der Waals surface area contributed by atoms with E-state index in [1.54, 1.807) is 68.6 Å². The third-order valence-electron chi connectivity index (χ3n) is 17.6. The van der Waals surface area contributed by atoms with E-state index in [1.807, 2.05) is 6.08 Å². The van der Waals surface area contributed by atoms with Crippen molar-refractivity contribution in [1.82, 2.24) is 82.8 Å². The standard InChI is InChI=1S/C73H98N24O17/c1-41(2)61(76)69(109)92-53(34-45-36-80-27-11-5-6-13-42(45)3)66(106)93-56(39-98)68(108)89-51(23-25-59(75)100)65(105)87-49(16-9-10-26-74)63(103)88-50(17-12-28-82-71(77)78)64(104)91-54(35-46-37-81-40-84-46)67(107)90-52(31-43-14-7-4-8-15-43)62(102)83-38-60(101)86-55(70(110)111)32-44-18-24-58(99)57(33-44)97-73(113)96(72(112)94-97)47-19-21-48(22-20-47)114-30-29-85-95-79/h4-8,11,13-15,18-22,24,33,36-37,40-41,49-56,61,80,98-99H,3,9-10,12,16-17,23,25-32,34-35,38-39,74,76H2,1-2H3,(H2,75,100)(H,81,84)(H,83,102)(H,86,101)(H,87,105)(H,88,103)(H,89,108)(H,90,107)(H,91,104)(H,92,109)(H,93,106)(H,94,112)(H,110,111)(H4,77,78,82)/b11-5-,13-6-,45-36?. The summed E-state index contributed by atoms with van der Waals surface area (Å²) >= 11 is 0. The van der Waals surface area contributed by atoms with Crippen LogP contribution in [-0.4, -0.2) is 211 Å². The topological polar surface area (TPSA) is 655 Å². The summed E-state index contributed by atoms with van der Waals surface area (Å²) in [6.45, 7) is 6.14. The van der Waals surface area contributed by atoms with Gasteiger partial charge >= 0.3 is 17.3 Å². The number of aliphatic hydroxyl groups is 1. The van der Waals surface area contributed by atoms with Gasteiger partial charge in [-0.3, -0.25) is 53.4 Å². The van der Waals surface area contributed by atoms with Gasteiger partial charge in [-0.1, -0.05) is 86.2 Å². The van der Waals surface area contributed by atoms with Crippen LogP contribution in [0.5, 0.6) is 11.5 Å². The number of aliphatic carboxylic acids is 1. The molecule has 9 atom stereocenters. The van der Waals surface area contributed by atoms with E-state index in [0.717, 1.165) is 15.3 Å². The number of carboxylic acid groups (broad SMARTS) is 1. The number of nitrogens with zero attached hydrogens (tertiary/aromatic N) is 6. The van der Waals surface area contributed by atoms with Gasteiger partial charge in [0.1, 0.15) is 65.5 Å². The summed E-state index contributed by atoms with van der Waals surface area (Å²) in [5, 5.41) is 73.6. The number of phenolic OH excluding ortho intramolecular Hbond substituents is 1. The second kappa shape index (κ2) is 45.7. The number of guanidine groups is 1. The highest BCUT2D eigenvalue weighted by Crippen LogP contribution is 2.24. The molecule has 3 heterocycles. The van der Waals surface area contributed by atoms with Gasteiger partial charge in [-0.15, -0.1) is 0 Å². The molecule has 25 N–H and O–H groups in total. The molecule has 0 spiro atoms. The van der Waals surface area contributed by atoms with Gasteiger partial charge in [-0.05, 0) is 115 Å². The number of nitrogens with two attached hydrogens (primary N) is 4. The first-order chi connectivity index (χ1) is 54.5. The minimum absolute atomic E-state index is 0.0179. The molecule has 5 aromatic rings. The van der Waals surface area contributed by atoms with Crippen molar-refractivity contribution in [1.29, 1.82) is 5.41 Å². The molecule has 9 unspecified atom stereocenters. The Morgan fingerprint density at radius 2 is 1.31 bits per heavy atom. The minimum atomic E-state index is -1.81. The van der Waals surface area contributed by atoms with Crippen molar-refractivity contribution in [2.24, 2.45) is 34.0 Å². The van der Waals surface area contributed by atoms with Crippen LogP contribution in [0.2, 0.25) is 0 Å². The van der Waals surface area contributed by atoms with Crippen LogP contribution in [0.4, 0.5) is 0 Å². The molecule has 0 fully saturated rings. The summed E-state index contributed by atoms with van der Waals surface area (Å²) in [7, 11) is 0. The molecule has 0 saturated carbocycles. The van der Waals surface area contributed by atoms with Crippen LogP contribution in [0, 0.1) is 11.3 Å². The van der Waals surface area contributed by atoms with Crippen LogP contribution in [0.3, 0.4) is 0 Å². The van der Waals surface area contributed by atoms with Crippen molar-refractivity contribution in [3.8, 4) is 22.9 Å². The normalized spacial score (nSPS) is 14.7. The Hall–Kier alpha value is -13.4. The van der Waals surface area contributed by atoms with Crippen molar-refractivity contribution >= 4 is 71.0 Å². The number of carbonyl (C=O) groups excluding carboxylic acids is 10. The summed E-state index contributed by atoms with van der Waals surface area (Å²) in [6.07, 6.45) is 9.21. The zero-order valence-electron chi connectivity index (χ0n) is 62.7. The van der Waals surface area contributed by atoms with Crippen molar-refractivity contribution in [2.45, 2.75) is 139 Å². The Kier molecular flexibility index (Phi) is 35.9. The number of benzene rings is 3.